The summed E-state index contributed by atoms with van der Waals surface area (Å²) in [7, 11) is 0. The van der Waals surface area contributed by atoms with Gasteiger partial charge < -0.3 is 9.55 Å². The number of nitrogens with one attached hydrogen (secondary N) is 1. The molecule has 0 bridgehead atoms. The minimum Gasteiger partial charge on any atom is -0.321 e. The first-order valence-corrected chi connectivity index (χ1v) is 10.1. The van der Waals surface area contributed by atoms with Crippen molar-refractivity contribution >= 4 is 10.9 Å². The topological polar surface area (TPSA) is 81.9 Å². The molecule has 2 aromatic heterocycles. The molecule has 1 fully saturated rings. The average Bonchev–Trinajstić information content (AvgIpc) is 3.03. The third-order valence-electron chi connectivity index (χ3n) is 5.74. The number of aromatic nitrogens is 2. The molecule has 1 atom stereocenters. The van der Waals surface area contributed by atoms with E-state index in [1.54, 1.807) is 16.8 Å². The van der Waals surface area contributed by atoms with E-state index in [2.05, 4.69) is 22.0 Å². The van der Waals surface area contributed by atoms with Gasteiger partial charge in [-0.3, -0.25) is 14.5 Å². The zero-order chi connectivity index (χ0) is 20.2. The number of nitriles is 1. The summed E-state index contributed by atoms with van der Waals surface area (Å²) in [6.07, 6.45) is 6.57. The van der Waals surface area contributed by atoms with E-state index in [-0.39, 0.29) is 17.2 Å². The van der Waals surface area contributed by atoms with Crippen LogP contribution in [0.4, 0.5) is 0 Å². The number of H-pyrrole nitrogens is 1. The molecule has 6 nitrogen and oxygen atoms in total. The van der Waals surface area contributed by atoms with Crippen molar-refractivity contribution < 1.29 is 0 Å². The van der Waals surface area contributed by atoms with E-state index in [9.17, 15) is 9.59 Å². The van der Waals surface area contributed by atoms with Gasteiger partial charge in [-0.25, -0.2) is 0 Å². The van der Waals surface area contributed by atoms with Crippen molar-refractivity contribution in [2.75, 3.05) is 13.1 Å². The maximum absolute atomic E-state index is 13.1. The Balaban J connectivity index is 1.75. The highest BCUT2D eigenvalue weighted by molar-refractivity contribution is 5.78. The lowest BCUT2D eigenvalue weighted by molar-refractivity contribution is 0.184. The normalized spacial score (nSPS) is 16.2. The van der Waals surface area contributed by atoms with Gasteiger partial charge in [0, 0.05) is 12.7 Å². The Kier molecular flexibility index (Phi) is 5.59. The van der Waals surface area contributed by atoms with E-state index in [1.807, 2.05) is 24.3 Å². The highest BCUT2D eigenvalue weighted by Gasteiger charge is 2.22. The predicted octanol–water partition coefficient (Wildman–Crippen LogP) is 3.18. The van der Waals surface area contributed by atoms with Crippen LogP contribution in [-0.4, -0.2) is 27.5 Å². The number of aromatic amines is 1. The fraction of sp³-hybridized carbons (Fsp3) is 0.348. The van der Waals surface area contributed by atoms with Crippen LogP contribution < -0.4 is 11.1 Å². The summed E-state index contributed by atoms with van der Waals surface area (Å²) in [5.74, 6) is 0. The second kappa shape index (κ2) is 8.46. The van der Waals surface area contributed by atoms with Crippen molar-refractivity contribution in [3.8, 4) is 6.07 Å². The third-order valence-corrected chi connectivity index (χ3v) is 5.74. The van der Waals surface area contributed by atoms with Crippen molar-refractivity contribution in [2.45, 2.75) is 38.3 Å². The summed E-state index contributed by atoms with van der Waals surface area (Å²) >= 11 is 0. The van der Waals surface area contributed by atoms with Crippen LogP contribution in [0.15, 0.2) is 58.3 Å². The molecule has 0 saturated carbocycles. The second-order valence-corrected chi connectivity index (χ2v) is 7.60. The van der Waals surface area contributed by atoms with Gasteiger partial charge in [0.1, 0.15) is 11.6 Å². The van der Waals surface area contributed by atoms with Gasteiger partial charge in [0.05, 0.1) is 16.9 Å². The molecule has 148 valence electrons. The SMILES string of the molecule is N#Cc1cc2c(=O)n(C[C@H](c3ccccc3)N3CCCCCC3)ccc2[nH]c1=O. The molecule has 1 aromatic carbocycles. The van der Waals surface area contributed by atoms with Crippen LogP contribution in [0, 0.1) is 11.3 Å². The van der Waals surface area contributed by atoms with E-state index < -0.39 is 5.56 Å². The third kappa shape index (κ3) is 4.01. The number of rotatable bonds is 4. The van der Waals surface area contributed by atoms with Gasteiger partial charge in [-0.05, 0) is 43.6 Å². The fourth-order valence-corrected chi connectivity index (χ4v) is 4.17. The molecule has 0 aliphatic carbocycles. The molecule has 3 aromatic rings. The number of pyridine rings is 2. The van der Waals surface area contributed by atoms with Crippen molar-refractivity contribution in [1.82, 2.24) is 14.5 Å². The Morgan fingerprint density at radius 3 is 2.45 bits per heavy atom. The molecule has 6 heteroatoms. The number of likely N-dealkylation sites (tertiary alicyclic amines) is 1. The minimum atomic E-state index is -0.469. The average molecular weight is 388 g/mol. The molecule has 4 rings (SSSR count). The Morgan fingerprint density at radius 1 is 1.03 bits per heavy atom. The monoisotopic (exact) mass is 388 g/mol. The predicted molar refractivity (Wildman–Crippen MR) is 113 cm³/mol. The molecular weight excluding hydrogens is 364 g/mol. The summed E-state index contributed by atoms with van der Waals surface area (Å²) in [6.45, 7) is 2.57. The first kappa shape index (κ1) is 19.2. The van der Waals surface area contributed by atoms with Crippen LogP contribution in [0.2, 0.25) is 0 Å². The van der Waals surface area contributed by atoms with E-state index in [4.69, 9.17) is 5.26 Å². The number of hydrogen-bond acceptors (Lipinski definition) is 4. The lowest BCUT2D eigenvalue weighted by Gasteiger charge is -2.31. The Morgan fingerprint density at radius 2 is 1.76 bits per heavy atom. The van der Waals surface area contributed by atoms with Crippen LogP contribution in [-0.2, 0) is 6.54 Å². The standard InChI is InChI=1S/C23H24N4O2/c24-15-18-14-19-20(25-22(18)28)10-13-27(23(19)29)16-21(17-8-4-3-5-9-17)26-11-6-1-2-7-12-26/h3-5,8-10,13-14,21H,1-2,6-7,11-12,16H2,(H,25,28)/t21-/m1/s1. The molecular formula is C23H24N4O2. The Labute approximate surface area is 169 Å². The maximum atomic E-state index is 13.1. The van der Waals surface area contributed by atoms with Gasteiger partial charge in [0.25, 0.3) is 11.1 Å². The van der Waals surface area contributed by atoms with Crippen molar-refractivity contribution in [3.05, 3.63) is 80.5 Å². The van der Waals surface area contributed by atoms with Gasteiger partial charge in [-0.1, -0.05) is 43.2 Å². The molecule has 1 N–H and O–H groups in total. The highest BCUT2D eigenvalue weighted by Crippen LogP contribution is 2.25. The van der Waals surface area contributed by atoms with Crippen LogP contribution in [0.25, 0.3) is 10.9 Å². The Bertz CT molecular complexity index is 1150. The van der Waals surface area contributed by atoms with Crippen LogP contribution in [0.3, 0.4) is 0 Å². The largest absolute Gasteiger partial charge is 0.321 e. The molecule has 0 radical (unpaired) electrons. The molecule has 1 saturated heterocycles. The first-order chi connectivity index (χ1) is 14.2. The summed E-state index contributed by atoms with van der Waals surface area (Å²) in [6, 6.07) is 15.4. The summed E-state index contributed by atoms with van der Waals surface area (Å²) in [4.78, 5) is 30.1. The van der Waals surface area contributed by atoms with E-state index in [0.29, 0.717) is 17.4 Å². The van der Waals surface area contributed by atoms with Gasteiger partial charge in [-0.2, -0.15) is 5.26 Å². The second-order valence-electron chi connectivity index (χ2n) is 7.60. The number of nitrogens with zero attached hydrogens (tertiary/aromatic N) is 3. The van der Waals surface area contributed by atoms with Crippen LogP contribution in [0.1, 0.15) is 42.9 Å². The number of hydrogen-bond donors (Lipinski definition) is 1. The quantitative estimate of drug-likeness (QED) is 0.744. The minimum absolute atomic E-state index is 0.0422. The first-order valence-electron chi connectivity index (χ1n) is 10.1. The van der Waals surface area contributed by atoms with Crippen molar-refractivity contribution in [2.24, 2.45) is 0 Å². The Hall–Kier alpha value is -3.17. The van der Waals surface area contributed by atoms with Crippen molar-refractivity contribution in [1.29, 1.82) is 5.26 Å². The molecule has 0 spiro atoms. The zero-order valence-corrected chi connectivity index (χ0v) is 16.3. The summed E-state index contributed by atoms with van der Waals surface area (Å²) in [5, 5.41) is 9.51. The lowest BCUT2D eigenvalue weighted by Crippen LogP contribution is -2.35. The van der Waals surface area contributed by atoms with Gasteiger partial charge >= 0.3 is 0 Å². The smallest absolute Gasteiger partial charge is 0.266 e. The highest BCUT2D eigenvalue weighted by atomic mass is 16.1. The van der Waals surface area contributed by atoms with Gasteiger partial charge in [0.15, 0.2) is 0 Å². The molecule has 3 heterocycles. The fourth-order valence-electron chi connectivity index (χ4n) is 4.17. The number of fused-ring (bicyclic) bond motifs is 1. The molecule has 1 aliphatic rings. The van der Waals surface area contributed by atoms with E-state index >= 15 is 0 Å². The van der Waals surface area contributed by atoms with Crippen LogP contribution in [0.5, 0.6) is 0 Å². The van der Waals surface area contributed by atoms with E-state index in [1.165, 1.54) is 37.3 Å². The summed E-state index contributed by atoms with van der Waals surface area (Å²) in [5.41, 5.74) is 0.955. The van der Waals surface area contributed by atoms with Gasteiger partial charge in [0.2, 0.25) is 0 Å². The van der Waals surface area contributed by atoms with Crippen LogP contribution >= 0.6 is 0 Å². The molecule has 29 heavy (non-hydrogen) atoms. The number of benzene rings is 1. The van der Waals surface area contributed by atoms with Crippen molar-refractivity contribution in [3.63, 3.8) is 0 Å². The lowest BCUT2D eigenvalue weighted by atomic mass is 10.0. The molecule has 0 amide bonds. The zero-order valence-electron chi connectivity index (χ0n) is 16.3. The molecule has 0 unspecified atom stereocenters. The molecule has 1 aliphatic heterocycles. The van der Waals surface area contributed by atoms with E-state index in [0.717, 1.165) is 13.1 Å². The van der Waals surface area contributed by atoms with Gasteiger partial charge in [-0.15, -0.1) is 0 Å². The maximum Gasteiger partial charge on any atom is 0.266 e. The summed E-state index contributed by atoms with van der Waals surface area (Å²) < 4.78 is 1.70.